The summed E-state index contributed by atoms with van der Waals surface area (Å²) >= 11 is 0. The molecule has 0 saturated carbocycles. The lowest BCUT2D eigenvalue weighted by Gasteiger charge is -2.10. The molecule has 0 aliphatic rings. The van der Waals surface area contributed by atoms with Crippen molar-refractivity contribution in [3.8, 4) is 5.75 Å². The predicted molar refractivity (Wildman–Crippen MR) is 73.6 cm³/mol. The Kier molecular flexibility index (Phi) is 3.71. The smallest absolute Gasteiger partial charge is 0.335 e. The van der Waals surface area contributed by atoms with Gasteiger partial charge in [-0.15, -0.1) is 0 Å². The Balaban J connectivity index is 2.10. The minimum absolute atomic E-state index is 0.245. The number of phenols is 1. The molecule has 0 aliphatic carbocycles. The fourth-order valence-corrected chi connectivity index (χ4v) is 1.84. The molecule has 2 aromatic carbocycles. The summed E-state index contributed by atoms with van der Waals surface area (Å²) < 4.78 is 0. The number of aromatic carboxylic acids is 1. The van der Waals surface area contributed by atoms with Crippen LogP contribution in [0.2, 0.25) is 0 Å². The van der Waals surface area contributed by atoms with Gasteiger partial charge < -0.3 is 15.5 Å². The molecule has 19 heavy (non-hydrogen) atoms. The van der Waals surface area contributed by atoms with Crippen LogP contribution in [-0.4, -0.2) is 16.2 Å². The number of carboxylic acid groups (broad SMARTS) is 1. The molecule has 0 atom stereocenters. The molecule has 4 heteroatoms. The Labute approximate surface area is 111 Å². The highest BCUT2D eigenvalue weighted by molar-refractivity contribution is 5.88. The van der Waals surface area contributed by atoms with Crippen LogP contribution in [-0.2, 0) is 6.54 Å². The third-order valence-electron chi connectivity index (χ3n) is 2.92. The molecule has 0 amide bonds. The first-order valence-corrected chi connectivity index (χ1v) is 5.92. The molecule has 2 rings (SSSR count). The number of aromatic hydroxyl groups is 1. The van der Waals surface area contributed by atoms with Crippen LogP contribution in [0.25, 0.3) is 0 Å². The van der Waals surface area contributed by atoms with Gasteiger partial charge in [-0.05, 0) is 48.4 Å². The molecule has 3 N–H and O–H groups in total. The van der Waals surface area contributed by atoms with E-state index in [-0.39, 0.29) is 11.3 Å². The molecule has 0 aliphatic heterocycles. The van der Waals surface area contributed by atoms with Gasteiger partial charge >= 0.3 is 5.97 Å². The second-order valence-electron chi connectivity index (χ2n) is 4.35. The standard InChI is InChI=1S/C15H15NO3/c1-10-7-14(17)6-5-12(10)9-16-13-4-2-3-11(8-13)15(18)19/h2-8,16-17H,9H2,1H3,(H,18,19). The Morgan fingerprint density at radius 2 is 2.00 bits per heavy atom. The molecule has 0 aromatic heterocycles. The number of anilines is 1. The molecule has 0 heterocycles. The van der Waals surface area contributed by atoms with Crippen LogP contribution in [0.3, 0.4) is 0 Å². The van der Waals surface area contributed by atoms with Crippen molar-refractivity contribution < 1.29 is 15.0 Å². The summed E-state index contributed by atoms with van der Waals surface area (Å²) in [5.74, 6) is -0.696. The second kappa shape index (κ2) is 5.44. The van der Waals surface area contributed by atoms with Crippen molar-refractivity contribution in [2.45, 2.75) is 13.5 Å². The number of rotatable bonds is 4. The summed E-state index contributed by atoms with van der Waals surface area (Å²) in [6, 6.07) is 11.9. The Bertz CT molecular complexity index is 608. The molecule has 0 bridgehead atoms. The van der Waals surface area contributed by atoms with Crippen molar-refractivity contribution >= 4 is 11.7 Å². The summed E-state index contributed by atoms with van der Waals surface area (Å²) in [7, 11) is 0. The van der Waals surface area contributed by atoms with E-state index in [1.807, 2.05) is 19.1 Å². The monoisotopic (exact) mass is 257 g/mol. The summed E-state index contributed by atoms with van der Waals surface area (Å²) in [4.78, 5) is 10.9. The highest BCUT2D eigenvalue weighted by Crippen LogP contribution is 2.18. The van der Waals surface area contributed by atoms with Crippen LogP contribution in [0, 0.1) is 6.92 Å². The zero-order valence-corrected chi connectivity index (χ0v) is 10.6. The first kappa shape index (κ1) is 13.0. The van der Waals surface area contributed by atoms with Crippen LogP contribution in [0.4, 0.5) is 5.69 Å². The maximum atomic E-state index is 10.9. The first-order chi connectivity index (χ1) is 9.06. The van der Waals surface area contributed by atoms with Gasteiger partial charge in [0.05, 0.1) is 5.56 Å². The number of nitrogens with one attached hydrogen (secondary N) is 1. The quantitative estimate of drug-likeness (QED) is 0.787. The van der Waals surface area contributed by atoms with Crippen molar-refractivity contribution in [2.75, 3.05) is 5.32 Å². The highest BCUT2D eigenvalue weighted by atomic mass is 16.4. The van der Waals surface area contributed by atoms with Crippen molar-refractivity contribution in [3.05, 3.63) is 59.2 Å². The summed E-state index contributed by atoms with van der Waals surface area (Å²) in [5, 5.41) is 21.4. The lowest BCUT2D eigenvalue weighted by atomic mass is 10.1. The van der Waals surface area contributed by atoms with Crippen LogP contribution in [0.15, 0.2) is 42.5 Å². The van der Waals surface area contributed by atoms with Gasteiger partial charge in [-0.1, -0.05) is 12.1 Å². The van der Waals surface area contributed by atoms with Gasteiger partial charge in [0, 0.05) is 12.2 Å². The zero-order valence-electron chi connectivity index (χ0n) is 10.6. The molecule has 0 radical (unpaired) electrons. The van der Waals surface area contributed by atoms with Gasteiger partial charge in [0.1, 0.15) is 5.75 Å². The molecule has 0 unspecified atom stereocenters. The molecular weight excluding hydrogens is 242 g/mol. The number of benzene rings is 2. The van der Waals surface area contributed by atoms with Crippen LogP contribution >= 0.6 is 0 Å². The van der Waals surface area contributed by atoms with Gasteiger partial charge in [-0.25, -0.2) is 4.79 Å². The van der Waals surface area contributed by atoms with E-state index in [2.05, 4.69) is 5.32 Å². The minimum atomic E-state index is -0.940. The summed E-state index contributed by atoms with van der Waals surface area (Å²) in [5.41, 5.74) is 3.06. The van der Waals surface area contributed by atoms with E-state index in [0.29, 0.717) is 6.54 Å². The molecule has 4 nitrogen and oxygen atoms in total. The third-order valence-corrected chi connectivity index (χ3v) is 2.92. The topological polar surface area (TPSA) is 69.6 Å². The lowest BCUT2D eigenvalue weighted by Crippen LogP contribution is -2.03. The number of carboxylic acids is 1. The van der Waals surface area contributed by atoms with E-state index in [4.69, 9.17) is 5.11 Å². The Morgan fingerprint density at radius 1 is 1.21 bits per heavy atom. The zero-order chi connectivity index (χ0) is 13.8. The average molecular weight is 257 g/mol. The SMILES string of the molecule is Cc1cc(O)ccc1CNc1cccc(C(=O)O)c1. The first-order valence-electron chi connectivity index (χ1n) is 5.92. The summed E-state index contributed by atoms with van der Waals surface area (Å²) in [6.45, 7) is 2.50. The second-order valence-corrected chi connectivity index (χ2v) is 4.35. The van der Waals surface area contributed by atoms with Crippen LogP contribution in [0.5, 0.6) is 5.75 Å². The van der Waals surface area contributed by atoms with Gasteiger partial charge in [-0.2, -0.15) is 0 Å². The normalized spacial score (nSPS) is 10.2. The highest BCUT2D eigenvalue weighted by Gasteiger charge is 2.04. The maximum absolute atomic E-state index is 10.9. The van der Waals surface area contributed by atoms with E-state index in [1.54, 1.807) is 30.3 Å². The van der Waals surface area contributed by atoms with E-state index in [0.717, 1.165) is 16.8 Å². The number of hydrogen-bond acceptors (Lipinski definition) is 3. The molecule has 98 valence electrons. The largest absolute Gasteiger partial charge is 0.508 e. The lowest BCUT2D eigenvalue weighted by molar-refractivity contribution is 0.0697. The Morgan fingerprint density at radius 3 is 2.68 bits per heavy atom. The maximum Gasteiger partial charge on any atom is 0.335 e. The fourth-order valence-electron chi connectivity index (χ4n) is 1.84. The fraction of sp³-hybridized carbons (Fsp3) is 0.133. The number of phenolic OH excluding ortho intramolecular Hbond substituents is 1. The van der Waals surface area contributed by atoms with Gasteiger partial charge in [0.2, 0.25) is 0 Å². The molecule has 0 saturated heterocycles. The Hall–Kier alpha value is -2.49. The minimum Gasteiger partial charge on any atom is -0.508 e. The molecule has 2 aromatic rings. The van der Waals surface area contributed by atoms with Crippen LogP contribution < -0.4 is 5.32 Å². The third kappa shape index (κ3) is 3.25. The van der Waals surface area contributed by atoms with Crippen molar-refractivity contribution in [2.24, 2.45) is 0 Å². The van der Waals surface area contributed by atoms with Crippen molar-refractivity contribution in [1.82, 2.24) is 0 Å². The number of hydrogen-bond donors (Lipinski definition) is 3. The van der Waals surface area contributed by atoms with E-state index >= 15 is 0 Å². The average Bonchev–Trinajstić information content (AvgIpc) is 2.38. The van der Waals surface area contributed by atoms with Crippen molar-refractivity contribution in [3.63, 3.8) is 0 Å². The number of carbonyl (C=O) groups is 1. The predicted octanol–water partition coefficient (Wildman–Crippen LogP) is 3.01. The van der Waals surface area contributed by atoms with E-state index < -0.39 is 5.97 Å². The van der Waals surface area contributed by atoms with Crippen LogP contribution in [0.1, 0.15) is 21.5 Å². The molecule has 0 fully saturated rings. The van der Waals surface area contributed by atoms with E-state index in [1.165, 1.54) is 0 Å². The summed E-state index contributed by atoms with van der Waals surface area (Å²) in [6.07, 6.45) is 0. The molecule has 0 spiro atoms. The number of aryl methyl sites for hydroxylation is 1. The molecular formula is C15H15NO3. The van der Waals surface area contributed by atoms with Gasteiger partial charge in [0.25, 0.3) is 0 Å². The van der Waals surface area contributed by atoms with Gasteiger partial charge in [0.15, 0.2) is 0 Å². The van der Waals surface area contributed by atoms with E-state index in [9.17, 15) is 9.90 Å². The van der Waals surface area contributed by atoms with Gasteiger partial charge in [-0.3, -0.25) is 0 Å². The van der Waals surface area contributed by atoms with Crippen molar-refractivity contribution in [1.29, 1.82) is 0 Å².